The Hall–Kier alpha value is -3.18. The Morgan fingerprint density at radius 3 is 2.32 bits per heavy atom. The maximum Gasteiger partial charge on any atom is 0.434 e. The number of hydrogen-bond acceptors (Lipinski definition) is 6. The highest BCUT2D eigenvalue weighted by Crippen LogP contribution is 2.34. The number of alkyl halides is 3. The van der Waals surface area contributed by atoms with Crippen molar-refractivity contribution < 1.29 is 22.4 Å². The Morgan fingerprint density at radius 2 is 1.68 bits per heavy atom. The topological polar surface area (TPSA) is 69.2 Å². The average molecular weight is 534 g/mol. The smallest absolute Gasteiger partial charge is 0.378 e. The minimum absolute atomic E-state index is 0.219. The molecule has 2 aromatic carbocycles. The van der Waals surface area contributed by atoms with Crippen molar-refractivity contribution in [1.82, 2.24) is 19.7 Å². The molecule has 3 heterocycles. The molecule has 1 aliphatic rings. The highest BCUT2D eigenvalue weighted by Gasteiger charge is 2.34. The molecule has 0 atom stereocenters. The first-order valence-electron chi connectivity index (χ1n) is 10.5. The fraction of sp³-hybridized carbons (Fsp3) is 0.261. The second-order valence-electron chi connectivity index (χ2n) is 7.82. The molecule has 0 amide bonds. The molecular weight excluding hydrogens is 515 g/mol. The second kappa shape index (κ2) is 8.88. The Morgan fingerprint density at radius 1 is 0.971 bits per heavy atom. The lowest BCUT2D eigenvalue weighted by Crippen LogP contribution is -2.36. The zero-order chi connectivity index (χ0) is 23.9. The lowest BCUT2D eigenvalue weighted by molar-refractivity contribution is -0.140. The zero-order valence-electron chi connectivity index (χ0n) is 18.0. The molecule has 5 rings (SSSR count). The molecule has 0 bridgehead atoms. The molecule has 0 radical (unpaired) electrons. The van der Waals surface area contributed by atoms with Gasteiger partial charge in [0.1, 0.15) is 5.82 Å². The van der Waals surface area contributed by atoms with Crippen LogP contribution in [0.3, 0.4) is 0 Å². The van der Waals surface area contributed by atoms with E-state index in [0.29, 0.717) is 36.1 Å². The first-order valence-corrected chi connectivity index (χ1v) is 11.3. The fourth-order valence-electron chi connectivity index (χ4n) is 3.79. The van der Waals surface area contributed by atoms with Gasteiger partial charge in [0.15, 0.2) is 5.69 Å². The van der Waals surface area contributed by atoms with Crippen LogP contribution in [-0.4, -0.2) is 46.0 Å². The van der Waals surface area contributed by atoms with Crippen LogP contribution in [0.2, 0.25) is 0 Å². The lowest BCUT2D eigenvalue weighted by atomic mass is 10.1. The van der Waals surface area contributed by atoms with E-state index in [1.54, 1.807) is 24.3 Å². The number of anilines is 1. The van der Waals surface area contributed by atoms with Gasteiger partial charge in [-0.2, -0.15) is 18.2 Å². The Balaban J connectivity index is 1.36. The SMILES string of the molecule is Cn1cc(C(F)(F)F)nc1-c1ccc(-c2noc(-c3ccc(N4CCOCC4)cc3Br)n2)cc1. The van der Waals surface area contributed by atoms with Gasteiger partial charge in [-0.25, -0.2) is 4.98 Å². The van der Waals surface area contributed by atoms with E-state index in [1.807, 2.05) is 18.2 Å². The van der Waals surface area contributed by atoms with Crippen molar-refractivity contribution >= 4 is 21.6 Å². The van der Waals surface area contributed by atoms with Crippen molar-refractivity contribution in [2.45, 2.75) is 6.18 Å². The Labute approximate surface area is 201 Å². The first-order chi connectivity index (χ1) is 16.3. The number of imidazole rings is 1. The lowest BCUT2D eigenvalue weighted by Gasteiger charge is -2.29. The maximum absolute atomic E-state index is 13.0. The van der Waals surface area contributed by atoms with Gasteiger partial charge in [-0.15, -0.1) is 0 Å². The van der Waals surface area contributed by atoms with Crippen molar-refractivity contribution in [2.24, 2.45) is 7.05 Å². The van der Waals surface area contributed by atoms with E-state index in [4.69, 9.17) is 9.26 Å². The third kappa shape index (κ3) is 4.45. The van der Waals surface area contributed by atoms with Gasteiger partial charge < -0.3 is 18.7 Å². The van der Waals surface area contributed by atoms with Gasteiger partial charge in [0.25, 0.3) is 5.89 Å². The molecule has 7 nitrogen and oxygen atoms in total. The summed E-state index contributed by atoms with van der Waals surface area (Å²) in [6, 6.07) is 12.8. The van der Waals surface area contributed by atoms with E-state index in [1.165, 1.54) is 11.6 Å². The standard InChI is InChI=1S/C23H19BrF3N5O2/c1-31-13-19(23(25,26)27)28-21(31)15-4-2-14(3-5-15)20-29-22(34-30-20)17-7-6-16(12-18(17)24)32-8-10-33-11-9-32/h2-7,12-13H,8-11H2,1H3. The van der Waals surface area contributed by atoms with E-state index in [-0.39, 0.29) is 5.82 Å². The van der Waals surface area contributed by atoms with Crippen LogP contribution in [0.25, 0.3) is 34.2 Å². The molecule has 0 saturated carbocycles. The van der Waals surface area contributed by atoms with Crippen LogP contribution in [0.1, 0.15) is 5.69 Å². The van der Waals surface area contributed by atoms with Gasteiger partial charge in [-0.05, 0) is 34.1 Å². The third-order valence-corrected chi connectivity index (χ3v) is 6.21. The highest BCUT2D eigenvalue weighted by atomic mass is 79.9. The fourth-order valence-corrected chi connectivity index (χ4v) is 4.32. The molecular formula is C23H19BrF3N5O2. The summed E-state index contributed by atoms with van der Waals surface area (Å²) in [5, 5.41) is 4.07. The molecule has 176 valence electrons. The maximum atomic E-state index is 13.0. The van der Waals surface area contributed by atoms with Gasteiger partial charge in [0.05, 0.1) is 18.8 Å². The first kappa shape index (κ1) is 22.6. The summed E-state index contributed by atoms with van der Waals surface area (Å²) in [5.74, 6) is 0.955. The van der Waals surface area contributed by atoms with Crippen LogP contribution < -0.4 is 4.90 Å². The number of morpholine rings is 1. The Kier molecular flexibility index (Phi) is 5.90. The molecule has 4 aromatic rings. The van der Waals surface area contributed by atoms with Crippen LogP contribution >= 0.6 is 15.9 Å². The van der Waals surface area contributed by atoms with Crippen molar-refractivity contribution in [3.05, 3.63) is 58.8 Å². The monoisotopic (exact) mass is 533 g/mol. The quantitative estimate of drug-likeness (QED) is 0.348. The summed E-state index contributed by atoms with van der Waals surface area (Å²) < 4.78 is 51.9. The number of benzene rings is 2. The van der Waals surface area contributed by atoms with Crippen molar-refractivity contribution in [3.63, 3.8) is 0 Å². The Bertz CT molecular complexity index is 1310. The minimum atomic E-state index is -4.49. The van der Waals surface area contributed by atoms with Gasteiger partial charge in [-0.3, -0.25) is 0 Å². The van der Waals surface area contributed by atoms with Gasteiger partial charge in [-0.1, -0.05) is 29.4 Å². The molecule has 0 N–H and O–H groups in total. The van der Waals surface area contributed by atoms with Crippen LogP contribution in [0.15, 0.2) is 57.7 Å². The van der Waals surface area contributed by atoms with Crippen LogP contribution in [-0.2, 0) is 18.0 Å². The van der Waals surface area contributed by atoms with Gasteiger partial charge >= 0.3 is 6.18 Å². The van der Waals surface area contributed by atoms with Crippen molar-refractivity contribution in [3.8, 4) is 34.2 Å². The van der Waals surface area contributed by atoms with E-state index in [9.17, 15) is 13.2 Å². The van der Waals surface area contributed by atoms with Crippen molar-refractivity contribution in [1.29, 1.82) is 0 Å². The van der Waals surface area contributed by atoms with E-state index >= 15 is 0 Å². The number of aromatic nitrogens is 4. The third-order valence-electron chi connectivity index (χ3n) is 5.55. The van der Waals surface area contributed by atoms with Crippen LogP contribution in [0.5, 0.6) is 0 Å². The number of halogens is 4. The number of hydrogen-bond donors (Lipinski definition) is 0. The molecule has 0 spiro atoms. The summed E-state index contributed by atoms with van der Waals surface area (Å²) >= 11 is 3.60. The number of nitrogens with zero attached hydrogens (tertiary/aromatic N) is 5. The van der Waals surface area contributed by atoms with Crippen molar-refractivity contribution in [2.75, 3.05) is 31.2 Å². The predicted molar refractivity (Wildman–Crippen MR) is 123 cm³/mol. The number of aryl methyl sites for hydroxylation is 1. The molecule has 1 aliphatic heterocycles. The predicted octanol–water partition coefficient (Wildman–Crippen LogP) is 5.42. The largest absolute Gasteiger partial charge is 0.434 e. The van der Waals surface area contributed by atoms with E-state index < -0.39 is 11.9 Å². The van der Waals surface area contributed by atoms with Crippen LogP contribution in [0, 0.1) is 0 Å². The minimum Gasteiger partial charge on any atom is -0.378 e. The van der Waals surface area contributed by atoms with E-state index in [0.717, 1.165) is 35.0 Å². The highest BCUT2D eigenvalue weighted by molar-refractivity contribution is 9.10. The molecule has 1 saturated heterocycles. The normalized spacial score (nSPS) is 14.6. The second-order valence-corrected chi connectivity index (χ2v) is 8.68. The summed E-state index contributed by atoms with van der Waals surface area (Å²) in [6.45, 7) is 3.08. The van der Waals surface area contributed by atoms with E-state index in [2.05, 4.69) is 36.0 Å². The average Bonchev–Trinajstić information content (AvgIpc) is 3.47. The molecule has 1 fully saturated rings. The molecule has 11 heteroatoms. The summed E-state index contributed by atoms with van der Waals surface area (Å²) in [7, 11) is 1.53. The van der Waals surface area contributed by atoms with Gasteiger partial charge in [0, 0.05) is 47.6 Å². The number of ether oxygens (including phenoxy) is 1. The van der Waals surface area contributed by atoms with Gasteiger partial charge in [0.2, 0.25) is 5.82 Å². The molecule has 2 aromatic heterocycles. The summed E-state index contributed by atoms with van der Waals surface area (Å²) in [5.41, 5.74) is 2.14. The molecule has 0 unspecified atom stereocenters. The summed E-state index contributed by atoms with van der Waals surface area (Å²) in [6.07, 6.45) is -3.53. The molecule has 0 aliphatic carbocycles. The molecule has 34 heavy (non-hydrogen) atoms. The zero-order valence-corrected chi connectivity index (χ0v) is 19.6. The number of rotatable bonds is 4. The summed E-state index contributed by atoms with van der Waals surface area (Å²) in [4.78, 5) is 10.5. The van der Waals surface area contributed by atoms with Crippen LogP contribution in [0.4, 0.5) is 18.9 Å².